The van der Waals surface area contributed by atoms with Crippen molar-refractivity contribution in [1.29, 1.82) is 0 Å². The molecule has 12 heteroatoms. The fraction of sp³-hybridized carbons (Fsp3) is 0.364. The van der Waals surface area contributed by atoms with Crippen LogP contribution in [-0.2, 0) is 19.1 Å². The molecule has 1 aliphatic rings. The summed E-state index contributed by atoms with van der Waals surface area (Å²) in [6.45, 7) is 3.71. The Hall–Kier alpha value is -3.83. The lowest BCUT2D eigenvalue weighted by Gasteiger charge is -2.31. The first kappa shape index (κ1) is 24.8. The Balaban J connectivity index is 1.86. The van der Waals surface area contributed by atoms with Gasteiger partial charge in [0.2, 0.25) is 5.91 Å². The zero-order valence-corrected chi connectivity index (χ0v) is 18.5. The summed E-state index contributed by atoms with van der Waals surface area (Å²) in [7, 11) is 0. The molecule has 1 atom stereocenters. The highest BCUT2D eigenvalue weighted by atomic mass is 19.4. The quantitative estimate of drug-likeness (QED) is 0.633. The minimum Gasteiger partial charge on any atom is -0.462 e. The Labute approximate surface area is 192 Å². The average molecular weight is 481 g/mol. The monoisotopic (exact) mass is 481 g/mol. The summed E-state index contributed by atoms with van der Waals surface area (Å²) < 4.78 is 51.3. The number of para-hydroxylation sites is 2. The fourth-order valence-electron chi connectivity index (χ4n) is 3.73. The third-order valence-electron chi connectivity index (χ3n) is 5.22. The van der Waals surface area contributed by atoms with Gasteiger partial charge in [-0.3, -0.25) is 14.5 Å². The Morgan fingerprint density at radius 1 is 1.12 bits per heavy atom. The number of halogens is 3. The Kier molecular flexibility index (Phi) is 6.99. The average Bonchev–Trinajstić information content (AvgIpc) is 2.95. The van der Waals surface area contributed by atoms with Crippen LogP contribution in [0.15, 0.2) is 24.3 Å². The topological polar surface area (TPSA) is 118 Å². The predicted octanol–water partition coefficient (Wildman–Crippen LogP) is 3.27. The van der Waals surface area contributed by atoms with E-state index in [4.69, 9.17) is 9.47 Å². The number of fused-ring (bicyclic) bond motifs is 1. The Bertz CT molecular complexity index is 1140. The maximum atomic E-state index is 13.8. The summed E-state index contributed by atoms with van der Waals surface area (Å²) >= 11 is 0. The molecule has 1 aromatic heterocycles. The highest BCUT2D eigenvalue weighted by Crippen LogP contribution is 2.37. The number of aromatic nitrogens is 1. The van der Waals surface area contributed by atoms with Crippen LogP contribution in [0, 0.1) is 13.8 Å². The van der Waals surface area contributed by atoms with Crippen molar-refractivity contribution in [3.05, 3.63) is 46.8 Å². The number of H-pyrrole nitrogens is 1. The van der Waals surface area contributed by atoms with Gasteiger partial charge in [0.25, 0.3) is 5.91 Å². The minimum atomic E-state index is -4.92. The number of aromatic amines is 1. The van der Waals surface area contributed by atoms with E-state index in [1.54, 1.807) is 6.92 Å². The fourth-order valence-corrected chi connectivity index (χ4v) is 3.73. The molecule has 1 aromatic carbocycles. The third-order valence-corrected chi connectivity index (χ3v) is 5.22. The van der Waals surface area contributed by atoms with E-state index in [2.05, 4.69) is 10.3 Å². The summed E-state index contributed by atoms with van der Waals surface area (Å²) in [5.41, 5.74) is 0.396. The van der Waals surface area contributed by atoms with Crippen molar-refractivity contribution in [3.8, 4) is 0 Å². The van der Waals surface area contributed by atoms with E-state index in [1.807, 2.05) is 0 Å². The van der Waals surface area contributed by atoms with Gasteiger partial charge in [0.1, 0.15) is 11.7 Å². The van der Waals surface area contributed by atoms with Gasteiger partial charge in [-0.05, 0) is 38.5 Å². The second-order valence-electron chi connectivity index (χ2n) is 7.51. The molecule has 1 unspecified atom stereocenters. The van der Waals surface area contributed by atoms with Crippen molar-refractivity contribution in [1.82, 2.24) is 4.98 Å². The molecule has 3 rings (SSSR count). The molecular weight excluding hydrogens is 459 g/mol. The number of hydrogen-bond donors (Lipinski definition) is 2. The van der Waals surface area contributed by atoms with Gasteiger partial charge in [-0.15, -0.1) is 0 Å². The van der Waals surface area contributed by atoms with E-state index in [0.29, 0.717) is 10.6 Å². The summed E-state index contributed by atoms with van der Waals surface area (Å²) in [5, 5.41) is 2.35. The van der Waals surface area contributed by atoms with Crippen LogP contribution < -0.4 is 10.2 Å². The molecule has 2 heterocycles. The number of benzene rings is 1. The molecule has 0 radical (unpaired) electrons. The highest BCUT2D eigenvalue weighted by molar-refractivity contribution is 6.06. The number of nitrogens with zero attached hydrogens (tertiary/aromatic N) is 1. The van der Waals surface area contributed by atoms with Crippen molar-refractivity contribution >= 4 is 35.1 Å². The van der Waals surface area contributed by atoms with E-state index in [1.165, 1.54) is 38.1 Å². The lowest BCUT2D eigenvalue weighted by molar-refractivity contribution is -0.158. The molecule has 2 aromatic rings. The van der Waals surface area contributed by atoms with Crippen LogP contribution in [0.5, 0.6) is 0 Å². The van der Waals surface area contributed by atoms with Gasteiger partial charge >= 0.3 is 18.1 Å². The van der Waals surface area contributed by atoms with E-state index < -0.39 is 49.0 Å². The van der Waals surface area contributed by atoms with Crippen LogP contribution in [0.25, 0.3) is 0 Å². The van der Waals surface area contributed by atoms with Crippen LogP contribution in [0.3, 0.4) is 0 Å². The van der Waals surface area contributed by atoms with Crippen molar-refractivity contribution < 1.29 is 41.8 Å². The molecule has 0 spiro atoms. The maximum Gasteiger partial charge on any atom is 0.409 e. The lowest BCUT2D eigenvalue weighted by atomic mass is 10.1. The number of amides is 2. The SMILES string of the molecule is CCOC(=O)c1c(C)[nH]c(C(=O)OCC(=O)N2c3ccccc3NC(=O)CC2C(F)(F)F)c1C. The molecule has 34 heavy (non-hydrogen) atoms. The molecule has 0 bridgehead atoms. The van der Waals surface area contributed by atoms with E-state index in [9.17, 15) is 32.3 Å². The van der Waals surface area contributed by atoms with Gasteiger partial charge in [0, 0.05) is 5.69 Å². The molecule has 182 valence electrons. The number of esters is 2. The number of nitrogens with one attached hydrogen (secondary N) is 2. The van der Waals surface area contributed by atoms with Crippen molar-refractivity contribution in [2.75, 3.05) is 23.4 Å². The lowest BCUT2D eigenvalue weighted by Crippen LogP contribution is -2.51. The van der Waals surface area contributed by atoms with Gasteiger partial charge in [-0.25, -0.2) is 9.59 Å². The molecule has 2 N–H and O–H groups in total. The van der Waals surface area contributed by atoms with Crippen molar-refractivity contribution in [2.45, 2.75) is 39.4 Å². The number of carbonyl (C=O) groups is 4. The highest BCUT2D eigenvalue weighted by Gasteiger charge is 2.49. The van der Waals surface area contributed by atoms with Gasteiger partial charge in [0.15, 0.2) is 6.61 Å². The van der Waals surface area contributed by atoms with Gasteiger partial charge in [0.05, 0.1) is 30.0 Å². The zero-order valence-electron chi connectivity index (χ0n) is 18.5. The molecule has 0 fully saturated rings. The van der Waals surface area contributed by atoms with Gasteiger partial charge in [-0.1, -0.05) is 12.1 Å². The third kappa shape index (κ3) is 4.90. The number of carbonyl (C=O) groups excluding carboxylic acids is 4. The van der Waals surface area contributed by atoms with E-state index in [-0.39, 0.29) is 34.8 Å². The number of alkyl halides is 3. The van der Waals surface area contributed by atoms with Gasteiger partial charge in [-0.2, -0.15) is 13.2 Å². The first-order valence-electron chi connectivity index (χ1n) is 10.3. The van der Waals surface area contributed by atoms with Crippen molar-refractivity contribution in [2.24, 2.45) is 0 Å². The van der Waals surface area contributed by atoms with E-state index >= 15 is 0 Å². The molecule has 9 nitrogen and oxygen atoms in total. The number of anilines is 2. The summed E-state index contributed by atoms with van der Waals surface area (Å²) in [6.07, 6.45) is -5.94. The van der Waals surface area contributed by atoms with Crippen LogP contribution in [0.1, 0.15) is 45.4 Å². The van der Waals surface area contributed by atoms with Crippen molar-refractivity contribution in [3.63, 3.8) is 0 Å². The number of ether oxygens (including phenoxy) is 2. The summed E-state index contributed by atoms with van der Waals surface area (Å²) in [6, 6.07) is 3.07. The minimum absolute atomic E-state index is 0.0221. The standard InChI is InChI=1S/C22H22F3N3O6/c1-4-33-20(31)18-11(2)19(26-12(18)3)21(32)34-10-17(30)28-14-8-6-5-7-13(14)27-16(29)9-15(28)22(23,24)25/h5-8,15,26H,4,9-10H2,1-3H3,(H,27,29). The molecule has 2 amide bonds. The molecular formula is C22H22F3N3O6. The first-order chi connectivity index (χ1) is 16.0. The number of aryl methyl sites for hydroxylation is 1. The summed E-state index contributed by atoms with van der Waals surface area (Å²) in [5.74, 6) is -3.78. The molecule has 0 saturated carbocycles. The Morgan fingerprint density at radius 3 is 2.44 bits per heavy atom. The molecule has 0 aliphatic carbocycles. The van der Waals surface area contributed by atoms with E-state index in [0.717, 1.165) is 0 Å². The maximum absolute atomic E-state index is 13.8. The zero-order chi connectivity index (χ0) is 25.2. The van der Waals surface area contributed by atoms with Crippen LogP contribution in [0.4, 0.5) is 24.5 Å². The second-order valence-corrected chi connectivity index (χ2v) is 7.51. The largest absolute Gasteiger partial charge is 0.462 e. The Morgan fingerprint density at radius 2 is 1.79 bits per heavy atom. The van der Waals surface area contributed by atoms with Gasteiger partial charge < -0.3 is 19.8 Å². The molecule has 1 aliphatic heterocycles. The first-order valence-corrected chi connectivity index (χ1v) is 10.3. The number of hydrogen-bond acceptors (Lipinski definition) is 6. The smallest absolute Gasteiger partial charge is 0.409 e. The predicted molar refractivity (Wildman–Crippen MR) is 114 cm³/mol. The van der Waals surface area contributed by atoms with Crippen LogP contribution in [-0.4, -0.2) is 54.2 Å². The van der Waals surface area contributed by atoms with Crippen LogP contribution in [0.2, 0.25) is 0 Å². The normalized spacial score (nSPS) is 15.8. The summed E-state index contributed by atoms with van der Waals surface area (Å²) in [4.78, 5) is 52.7. The van der Waals surface area contributed by atoms with Crippen LogP contribution >= 0.6 is 0 Å². The molecule has 0 saturated heterocycles. The second kappa shape index (κ2) is 9.57. The number of rotatable bonds is 5.